The number of piperazine rings is 1. The second-order valence-corrected chi connectivity index (χ2v) is 6.33. The maximum absolute atomic E-state index is 5.82. The van der Waals surface area contributed by atoms with Gasteiger partial charge in [0.15, 0.2) is 0 Å². The van der Waals surface area contributed by atoms with E-state index in [4.69, 9.17) is 11.6 Å². The summed E-state index contributed by atoms with van der Waals surface area (Å²) in [6, 6.07) is 2.11. The van der Waals surface area contributed by atoms with Crippen molar-refractivity contribution in [3.63, 3.8) is 0 Å². The number of halogens is 2. The minimum atomic E-state index is 0.569. The van der Waals surface area contributed by atoms with Crippen LogP contribution >= 0.6 is 27.5 Å². The van der Waals surface area contributed by atoms with Gasteiger partial charge in [0.05, 0.1) is 17.4 Å². The smallest absolute Gasteiger partial charge is 0.225 e. The normalized spacial score (nSPS) is 16.2. The van der Waals surface area contributed by atoms with Crippen LogP contribution in [-0.4, -0.2) is 46.0 Å². The molecule has 0 spiro atoms. The van der Waals surface area contributed by atoms with Crippen LogP contribution in [0.25, 0.3) is 0 Å². The van der Waals surface area contributed by atoms with Gasteiger partial charge in [0, 0.05) is 49.6 Å². The number of anilines is 1. The predicted molar refractivity (Wildman–Crippen MR) is 86.5 cm³/mol. The molecular weight excluding hydrogens is 354 g/mol. The highest BCUT2D eigenvalue weighted by Crippen LogP contribution is 2.15. The number of rotatable bonds is 3. The molecule has 0 atom stereocenters. The second kappa shape index (κ2) is 6.68. The highest BCUT2D eigenvalue weighted by Gasteiger charge is 2.19. The van der Waals surface area contributed by atoms with Crippen molar-refractivity contribution in [2.45, 2.75) is 6.54 Å². The third kappa shape index (κ3) is 3.90. The molecule has 3 heterocycles. The summed E-state index contributed by atoms with van der Waals surface area (Å²) in [4.78, 5) is 17.3. The molecule has 21 heavy (non-hydrogen) atoms. The van der Waals surface area contributed by atoms with Crippen LogP contribution in [0.5, 0.6) is 0 Å². The molecule has 2 aromatic rings. The molecule has 0 amide bonds. The lowest BCUT2D eigenvalue weighted by atomic mass is 10.2. The Morgan fingerprint density at radius 2 is 1.76 bits per heavy atom. The van der Waals surface area contributed by atoms with Gasteiger partial charge in [-0.15, -0.1) is 0 Å². The van der Waals surface area contributed by atoms with Gasteiger partial charge >= 0.3 is 0 Å². The molecule has 1 saturated heterocycles. The molecule has 0 unspecified atom stereocenters. The first-order valence-corrected chi connectivity index (χ1v) is 7.92. The van der Waals surface area contributed by atoms with Gasteiger partial charge in [-0.1, -0.05) is 11.6 Å². The summed E-state index contributed by atoms with van der Waals surface area (Å²) >= 11 is 9.27. The summed E-state index contributed by atoms with van der Waals surface area (Å²) in [5.41, 5.74) is 1.22. The minimum absolute atomic E-state index is 0.569. The van der Waals surface area contributed by atoms with E-state index in [1.54, 1.807) is 18.6 Å². The molecular formula is C14H15BrClN5. The Labute approximate surface area is 137 Å². The summed E-state index contributed by atoms with van der Waals surface area (Å²) in [6.07, 6.45) is 7.01. The fraction of sp³-hybridized carbons (Fsp3) is 0.357. The van der Waals surface area contributed by atoms with E-state index in [1.807, 2.05) is 6.20 Å². The lowest BCUT2D eigenvalue weighted by Crippen LogP contribution is -2.46. The molecule has 3 rings (SSSR count). The first-order valence-electron chi connectivity index (χ1n) is 6.75. The predicted octanol–water partition coefficient (Wildman–Crippen LogP) is 2.61. The molecule has 1 fully saturated rings. The maximum atomic E-state index is 5.82. The summed E-state index contributed by atoms with van der Waals surface area (Å²) in [7, 11) is 0. The fourth-order valence-electron chi connectivity index (χ4n) is 2.38. The molecule has 0 N–H and O–H groups in total. The topological polar surface area (TPSA) is 45.2 Å². The lowest BCUT2D eigenvalue weighted by molar-refractivity contribution is 0.248. The monoisotopic (exact) mass is 367 g/mol. The van der Waals surface area contributed by atoms with Crippen LogP contribution in [0, 0.1) is 0 Å². The largest absolute Gasteiger partial charge is 0.338 e. The van der Waals surface area contributed by atoms with Crippen molar-refractivity contribution in [2.24, 2.45) is 0 Å². The third-order valence-electron chi connectivity index (χ3n) is 3.43. The molecule has 0 aromatic carbocycles. The number of hydrogen-bond donors (Lipinski definition) is 0. The quantitative estimate of drug-likeness (QED) is 0.833. The van der Waals surface area contributed by atoms with Crippen LogP contribution < -0.4 is 4.90 Å². The zero-order valence-electron chi connectivity index (χ0n) is 11.4. The summed E-state index contributed by atoms with van der Waals surface area (Å²) in [5, 5.41) is 0.569. The molecule has 1 aliphatic rings. The number of nitrogens with zero attached hydrogens (tertiary/aromatic N) is 5. The van der Waals surface area contributed by atoms with Crippen molar-refractivity contribution >= 4 is 33.5 Å². The maximum Gasteiger partial charge on any atom is 0.225 e. The van der Waals surface area contributed by atoms with Crippen LogP contribution in [0.2, 0.25) is 5.02 Å². The van der Waals surface area contributed by atoms with E-state index in [1.165, 1.54) is 5.56 Å². The average Bonchev–Trinajstić information content (AvgIpc) is 2.49. The van der Waals surface area contributed by atoms with E-state index < -0.39 is 0 Å². The Bertz CT molecular complexity index is 599. The molecule has 110 valence electrons. The Balaban J connectivity index is 1.56. The third-order valence-corrected chi connectivity index (χ3v) is 4.06. The summed E-state index contributed by atoms with van der Waals surface area (Å²) < 4.78 is 1.02. The fourth-order valence-corrected chi connectivity index (χ4v) is 2.89. The van der Waals surface area contributed by atoms with Crippen LogP contribution in [0.1, 0.15) is 5.56 Å². The van der Waals surface area contributed by atoms with Gasteiger partial charge < -0.3 is 4.90 Å². The van der Waals surface area contributed by atoms with Crippen LogP contribution in [0.3, 0.4) is 0 Å². The molecule has 1 aliphatic heterocycles. The Morgan fingerprint density at radius 3 is 2.43 bits per heavy atom. The lowest BCUT2D eigenvalue weighted by Gasteiger charge is -2.34. The van der Waals surface area contributed by atoms with Gasteiger partial charge in [-0.2, -0.15) is 0 Å². The molecule has 0 saturated carbocycles. The van der Waals surface area contributed by atoms with E-state index in [0.29, 0.717) is 5.02 Å². The number of pyridine rings is 1. The van der Waals surface area contributed by atoms with E-state index in [0.717, 1.165) is 43.1 Å². The molecule has 0 aliphatic carbocycles. The van der Waals surface area contributed by atoms with Gasteiger partial charge in [0.1, 0.15) is 0 Å². The first kappa shape index (κ1) is 14.7. The first-order chi connectivity index (χ1) is 10.2. The van der Waals surface area contributed by atoms with Gasteiger partial charge in [0.25, 0.3) is 0 Å². The van der Waals surface area contributed by atoms with Crippen molar-refractivity contribution in [2.75, 3.05) is 31.1 Å². The number of hydrogen-bond acceptors (Lipinski definition) is 5. The SMILES string of the molecule is Clc1cnc(N2CCN(Cc3cncc(Br)c3)CC2)nc1. The van der Waals surface area contributed by atoms with Gasteiger partial charge in [0.2, 0.25) is 5.95 Å². The van der Waals surface area contributed by atoms with E-state index >= 15 is 0 Å². The van der Waals surface area contributed by atoms with E-state index in [9.17, 15) is 0 Å². The minimum Gasteiger partial charge on any atom is -0.338 e. The highest BCUT2D eigenvalue weighted by molar-refractivity contribution is 9.10. The number of aromatic nitrogens is 3. The van der Waals surface area contributed by atoms with Crippen molar-refractivity contribution in [3.8, 4) is 0 Å². The van der Waals surface area contributed by atoms with Crippen LogP contribution in [0.4, 0.5) is 5.95 Å². The van der Waals surface area contributed by atoms with Gasteiger partial charge in [-0.05, 0) is 27.6 Å². The van der Waals surface area contributed by atoms with Crippen LogP contribution in [0.15, 0.2) is 35.3 Å². The Kier molecular flexibility index (Phi) is 4.67. The van der Waals surface area contributed by atoms with Crippen molar-refractivity contribution in [1.82, 2.24) is 19.9 Å². The molecule has 0 bridgehead atoms. The summed E-state index contributed by atoms with van der Waals surface area (Å²) in [6.45, 7) is 4.73. The zero-order valence-corrected chi connectivity index (χ0v) is 13.8. The van der Waals surface area contributed by atoms with E-state index in [2.05, 4.69) is 46.7 Å². The highest BCUT2D eigenvalue weighted by atomic mass is 79.9. The molecule has 2 aromatic heterocycles. The van der Waals surface area contributed by atoms with Gasteiger partial charge in [-0.3, -0.25) is 9.88 Å². The Morgan fingerprint density at radius 1 is 1.05 bits per heavy atom. The molecule has 7 heteroatoms. The van der Waals surface area contributed by atoms with Crippen molar-refractivity contribution in [1.29, 1.82) is 0 Å². The average molecular weight is 369 g/mol. The van der Waals surface area contributed by atoms with Gasteiger partial charge in [-0.25, -0.2) is 9.97 Å². The molecule has 5 nitrogen and oxygen atoms in total. The zero-order chi connectivity index (χ0) is 14.7. The second-order valence-electron chi connectivity index (χ2n) is 4.98. The standard InChI is InChI=1S/C14H15BrClN5/c15-12-5-11(6-17-7-12)10-20-1-3-21(4-2-20)14-18-8-13(16)9-19-14/h5-9H,1-4,10H2. The molecule has 0 radical (unpaired) electrons. The van der Waals surface area contributed by atoms with Crippen molar-refractivity contribution < 1.29 is 0 Å². The van der Waals surface area contributed by atoms with E-state index in [-0.39, 0.29) is 0 Å². The van der Waals surface area contributed by atoms with Crippen molar-refractivity contribution in [3.05, 3.63) is 45.9 Å². The van der Waals surface area contributed by atoms with Crippen LogP contribution in [-0.2, 0) is 6.54 Å². The Hall–Kier alpha value is -1.24. The summed E-state index contributed by atoms with van der Waals surface area (Å²) in [5.74, 6) is 0.753.